The molecule has 1 aliphatic heterocycles. The molecule has 1 fully saturated rings. The monoisotopic (exact) mass is 954 g/mol. The van der Waals surface area contributed by atoms with E-state index < -0.39 is 67.4 Å². The summed E-state index contributed by atoms with van der Waals surface area (Å²) in [5, 5.41) is 56.6. The number of hydrogen-bond acceptors (Lipinski definition) is 10. The second-order valence-corrected chi connectivity index (χ2v) is 18.0. The number of carbonyl (C=O) groups excluding carboxylic acids is 2. The molecular formula is C57H95NO10. The third-order valence-electron chi connectivity index (χ3n) is 11.9. The highest BCUT2D eigenvalue weighted by atomic mass is 16.7. The summed E-state index contributed by atoms with van der Waals surface area (Å²) in [6.45, 7) is 5.45. The Morgan fingerprint density at radius 2 is 1.13 bits per heavy atom. The number of rotatable bonds is 42. The summed E-state index contributed by atoms with van der Waals surface area (Å²) < 4.78 is 17.5. The fourth-order valence-electron chi connectivity index (χ4n) is 7.65. The van der Waals surface area contributed by atoms with Crippen molar-refractivity contribution in [1.29, 1.82) is 0 Å². The van der Waals surface area contributed by atoms with Crippen LogP contribution in [0, 0.1) is 0 Å². The lowest BCUT2D eigenvalue weighted by atomic mass is 9.99. The maximum Gasteiger partial charge on any atom is 0.306 e. The molecule has 0 bridgehead atoms. The molecule has 0 aromatic rings. The molecule has 1 heterocycles. The van der Waals surface area contributed by atoms with Gasteiger partial charge in [0.2, 0.25) is 5.91 Å². The normalized spacial score (nSPS) is 20.7. The van der Waals surface area contributed by atoms with Gasteiger partial charge in [0, 0.05) is 6.42 Å². The van der Waals surface area contributed by atoms with E-state index in [4.69, 9.17) is 14.2 Å². The summed E-state index contributed by atoms with van der Waals surface area (Å²) in [5.41, 5.74) is 0. The van der Waals surface area contributed by atoms with Gasteiger partial charge >= 0.3 is 5.97 Å². The van der Waals surface area contributed by atoms with E-state index in [-0.39, 0.29) is 19.4 Å². The summed E-state index contributed by atoms with van der Waals surface area (Å²) in [6.07, 6.45) is 47.5. The number of ether oxygens (including phenoxy) is 3. The van der Waals surface area contributed by atoms with Crippen LogP contribution in [0.2, 0.25) is 0 Å². The van der Waals surface area contributed by atoms with E-state index in [1.165, 1.54) is 44.9 Å². The average molecular weight is 954 g/mol. The van der Waals surface area contributed by atoms with Crippen molar-refractivity contribution in [1.82, 2.24) is 5.32 Å². The number of unbranched alkanes of at least 4 members (excludes halogenated alkanes) is 18. The van der Waals surface area contributed by atoms with Gasteiger partial charge in [-0.05, 0) is 70.6 Å². The number of hydrogen-bond donors (Lipinski definition) is 6. The van der Waals surface area contributed by atoms with Crippen molar-refractivity contribution in [2.45, 2.75) is 237 Å². The topological polar surface area (TPSA) is 175 Å². The fraction of sp³-hybridized carbons (Fsp3) is 0.684. The molecule has 0 radical (unpaired) electrons. The second kappa shape index (κ2) is 44.8. The van der Waals surface area contributed by atoms with Crippen LogP contribution in [0.25, 0.3) is 0 Å². The summed E-state index contributed by atoms with van der Waals surface area (Å²) in [6, 6.07) is -1.05. The molecule has 1 saturated heterocycles. The van der Waals surface area contributed by atoms with Gasteiger partial charge in [0.1, 0.15) is 24.4 Å². The van der Waals surface area contributed by atoms with E-state index in [1.54, 1.807) is 6.08 Å². The summed E-state index contributed by atoms with van der Waals surface area (Å²) in [7, 11) is 0. The molecule has 0 spiro atoms. The first-order chi connectivity index (χ1) is 33.2. The SMILES string of the molecule is CC/C=C/C=C/C=C\C=C/C=C/CCCCC(O)C(=O)NC(COC1OC(CO)C(O)C(O)C1OC(=O)CCCCCCCCC/C=C/C/C=C/CC)C(O)/C=C/CCCCCCCCCCC. The number of amides is 1. The lowest BCUT2D eigenvalue weighted by Crippen LogP contribution is -2.61. The largest absolute Gasteiger partial charge is 0.454 e. The van der Waals surface area contributed by atoms with Gasteiger partial charge < -0.3 is 45.1 Å². The Morgan fingerprint density at radius 3 is 1.75 bits per heavy atom. The van der Waals surface area contributed by atoms with E-state index in [0.29, 0.717) is 12.8 Å². The predicted molar refractivity (Wildman–Crippen MR) is 278 cm³/mol. The molecule has 8 unspecified atom stereocenters. The number of aliphatic hydroxyl groups excluding tert-OH is 5. The molecule has 388 valence electrons. The number of carbonyl (C=O) groups is 2. The lowest BCUT2D eigenvalue weighted by Gasteiger charge is -2.41. The zero-order valence-corrected chi connectivity index (χ0v) is 42.4. The van der Waals surface area contributed by atoms with Gasteiger partial charge in [0.05, 0.1) is 25.4 Å². The Kier molecular flexibility index (Phi) is 41.2. The smallest absolute Gasteiger partial charge is 0.306 e. The van der Waals surface area contributed by atoms with Crippen molar-refractivity contribution < 1.29 is 49.3 Å². The van der Waals surface area contributed by atoms with Gasteiger partial charge in [-0.15, -0.1) is 0 Å². The van der Waals surface area contributed by atoms with Crippen LogP contribution in [0.1, 0.15) is 188 Å². The van der Waals surface area contributed by atoms with Crippen LogP contribution in [0.5, 0.6) is 0 Å². The first-order valence-electron chi connectivity index (χ1n) is 26.6. The Bertz CT molecular complexity index is 1470. The van der Waals surface area contributed by atoms with Crippen LogP contribution in [0.15, 0.2) is 97.2 Å². The van der Waals surface area contributed by atoms with Crippen LogP contribution < -0.4 is 5.32 Å². The Morgan fingerprint density at radius 1 is 0.603 bits per heavy atom. The zero-order valence-electron chi connectivity index (χ0n) is 42.4. The minimum atomic E-state index is -1.63. The summed E-state index contributed by atoms with van der Waals surface area (Å²) in [4.78, 5) is 26.3. The minimum absolute atomic E-state index is 0.104. The van der Waals surface area contributed by atoms with Gasteiger partial charge in [0.15, 0.2) is 12.4 Å². The third-order valence-corrected chi connectivity index (χ3v) is 11.9. The van der Waals surface area contributed by atoms with Crippen molar-refractivity contribution in [3.8, 4) is 0 Å². The molecule has 1 amide bonds. The Hall–Kier alpha value is -3.42. The van der Waals surface area contributed by atoms with Crippen molar-refractivity contribution in [2.24, 2.45) is 0 Å². The fourth-order valence-corrected chi connectivity index (χ4v) is 7.65. The molecule has 0 saturated carbocycles. The molecule has 0 aliphatic carbocycles. The molecule has 0 aromatic heterocycles. The molecular weight excluding hydrogens is 859 g/mol. The molecule has 1 aliphatic rings. The van der Waals surface area contributed by atoms with E-state index >= 15 is 0 Å². The zero-order chi connectivity index (χ0) is 49.7. The van der Waals surface area contributed by atoms with Crippen LogP contribution in [0.3, 0.4) is 0 Å². The highest BCUT2D eigenvalue weighted by Gasteiger charge is 2.47. The first kappa shape index (κ1) is 62.6. The minimum Gasteiger partial charge on any atom is -0.454 e. The molecule has 68 heavy (non-hydrogen) atoms. The number of nitrogens with one attached hydrogen (secondary N) is 1. The molecule has 8 atom stereocenters. The highest BCUT2D eigenvalue weighted by molar-refractivity contribution is 5.80. The van der Waals surface area contributed by atoms with Crippen LogP contribution in [-0.2, 0) is 23.8 Å². The van der Waals surface area contributed by atoms with Gasteiger partial charge in [-0.25, -0.2) is 0 Å². The second-order valence-electron chi connectivity index (χ2n) is 18.0. The van der Waals surface area contributed by atoms with Crippen LogP contribution in [-0.4, -0.2) is 99.6 Å². The standard InChI is InChI=1S/C57H95NO10/c1-4-7-10-13-16-19-22-24-26-29-32-35-38-41-44-50(61)56(65)58-48(49(60)43-40-37-34-31-28-21-18-15-12-9-6-3)47-66-57-55(54(64)53(63)51(46-59)67-57)68-52(62)45-42-39-36-33-30-27-25-23-20-17-14-11-8-5-2/h7-8,10-11,13,16-17,19-20,22,24,26,29,32,40,43,48-51,53-55,57,59-61,63-64H,4-6,9,12,14-15,18,21,23,25,27-28,30-31,33-39,41-42,44-47H2,1-3H3,(H,58,65)/b10-7+,11-8+,16-13+,20-17+,22-19-,26-24-,32-29+,43-40+. The van der Waals surface area contributed by atoms with E-state index in [2.05, 4.69) is 56.5 Å². The molecule has 6 N–H and O–H groups in total. The van der Waals surface area contributed by atoms with E-state index in [0.717, 1.165) is 96.3 Å². The predicted octanol–water partition coefficient (Wildman–Crippen LogP) is 11.2. The van der Waals surface area contributed by atoms with Crippen molar-refractivity contribution in [3.05, 3.63) is 97.2 Å². The maximum atomic E-state index is 13.3. The summed E-state index contributed by atoms with van der Waals surface area (Å²) >= 11 is 0. The number of allylic oxidation sites excluding steroid dienone is 15. The van der Waals surface area contributed by atoms with Crippen molar-refractivity contribution >= 4 is 11.9 Å². The number of aliphatic hydroxyl groups is 5. The van der Waals surface area contributed by atoms with Gasteiger partial charge in [0.25, 0.3) is 0 Å². The first-order valence-corrected chi connectivity index (χ1v) is 26.6. The lowest BCUT2D eigenvalue weighted by molar-refractivity contribution is -0.305. The third kappa shape index (κ3) is 33.2. The molecule has 11 heteroatoms. The van der Waals surface area contributed by atoms with Gasteiger partial charge in [-0.3, -0.25) is 9.59 Å². The van der Waals surface area contributed by atoms with E-state index in [9.17, 15) is 35.1 Å². The van der Waals surface area contributed by atoms with Crippen LogP contribution >= 0.6 is 0 Å². The number of esters is 1. The molecule has 11 nitrogen and oxygen atoms in total. The Balaban J connectivity index is 2.81. The molecule has 1 rings (SSSR count). The quantitative estimate of drug-likeness (QED) is 0.0150. The van der Waals surface area contributed by atoms with Crippen molar-refractivity contribution in [2.75, 3.05) is 13.2 Å². The average Bonchev–Trinajstić information content (AvgIpc) is 3.33. The highest BCUT2D eigenvalue weighted by Crippen LogP contribution is 2.26. The van der Waals surface area contributed by atoms with E-state index in [1.807, 2.05) is 60.8 Å². The van der Waals surface area contributed by atoms with Crippen LogP contribution in [0.4, 0.5) is 0 Å². The van der Waals surface area contributed by atoms with Crippen molar-refractivity contribution in [3.63, 3.8) is 0 Å². The maximum absolute atomic E-state index is 13.3. The van der Waals surface area contributed by atoms with Gasteiger partial charge in [-0.2, -0.15) is 0 Å². The van der Waals surface area contributed by atoms with Gasteiger partial charge in [-0.1, -0.05) is 208 Å². The summed E-state index contributed by atoms with van der Waals surface area (Å²) in [5.74, 6) is -1.26. The molecule has 0 aromatic carbocycles. The Labute approximate surface area is 412 Å².